The van der Waals surface area contributed by atoms with Crippen LogP contribution in [0.2, 0.25) is 0 Å². The zero-order chi connectivity index (χ0) is 18.2. The molecule has 2 rings (SSSR count). The van der Waals surface area contributed by atoms with Gasteiger partial charge in [0, 0.05) is 12.6 Å². The zero-order valence-electron chi connectivity index (χ0n) is 13.4. The number of ether oxygens (including phenoxy) is 1. The molecule has 1 aromatic heterocycles. The van der Waals surface area contributed by atoms with Crippen LogP contribution in [0.1, 0.15) is 22.2 Å². The molecule has 0 saturated carbocycles. The van der Waals surface area contributed by atoms with E-state index >= 15 is 0 Å². The van der Waals surface area contributed by atoms with E-state index in [1.54, 1.807) is 41.8 Å². The minimum absolute atomic E-state index is 0.0213. The minimum Gasteiger partial charge on any atom is -0.455 e. The fourth-order valence-electron chi connectivity index (χ4n) is 1.91. The Kier molecular flexibility index (Phi) is 6.41. The summed E-state index contributed by atoms with van der Waals surface area (Å²) in [5.74, 6) is -1.99. The first-order valence-corrected chi connectivity index (χ1v) is 8.22. The summed E-state index contributed by atoms with van der Waals surface area (Å²) < 4.78 is 4.85. The molecule has 0 fully saturated rings. The fraction of sp³-hybridized carbons (Fsp3) is 0.176. The number of hydrogen-bond donors (Lipinski definition) is 2. The second-order valence-electron chi connectivity index (χ2n) is 5.07. The van der Waals surface area contributed by atoms with Crippen LogP contribution in [0.3, 0.4) is 0 Å². The van der Waals surface area contributed by atoms with E-state index in [9.17, 15) is 19.2 Å². The maximum atomic E-state index is 11.7. The number of rotatable bonds is 6. The van der Waals surface area contributed by atoms with Gasteiger partial charge in [0.05, 0.1) is 11.3 Å². The molecule has 2 N–H and O–H groups in total. The Morgan fingerprint density at radius 1 is 1.08 bits per heavy atom. The molecule has 0 aliphatic carbocycles. The van der Waals surface area contributed by atoms with Crippen molar-refractivity contribution in [2.24, 2.45) is 0 Å². The van der Waals surface area contributed by atoms with Crippen LogP contribution < -0.4 is 10.6 Å². The summed E-state index contributed by atoms with van der Waals surface area (Å²) in [6.07, 6.45) is -0.0213. The Balaban J connectivity index is 1.75. The maximum Gasteiger partial charge on any atom is 0.310 e. The molecule has 25 heavy (non-hydrogen) atoms. The number of carbonyl (C=O) groups is 4. The molecule has 0 spiro atoms. The van der Waals surface area contributed by atoms with Crippen LogP contribution in [0.15, 0.2) is 41.8 Å². The van der Waals surface area contributed by atoms with Crippen LogP contribution >= 0.6 is 11.3 Å². The highest BCUT2D eigenvalue weighted by molar-refractivity contribution is 7.12. The highest BCUT2D eigenvalue weighted by atomic mass is 32.1. The predicted molar refractivity (Wildman–Crippen MR) is 92.2 cm³/mol. The van der Waals surface area contributed by atoms with Crippen LogP contribution in [0.4, 0.5) is 5.69 Å². The van der Waals surface area contributed by atoms with Gasteiger partial charge in [-0.1, -0.05) is 18.2 Å². The first-order valence-electron chi connectivity index (χ1n) is 7.34. The summed E-state index contributed by atoms with van der Waals surface area (Å²) in [5.41, 5.74) is 1.30. The van der Waals surface area contributed by atoms with E-state index in [1.807, 2.05) is 0 Å². The van der Waals surface area contributed by atoms with Crippen molar-refractivity contribution in [2.45, 2.75) is 13.3 Å². The van der Waals surface area contributed by atoms with Gasteiger partial charge < -0.3 is 10.1 Å². The van der Waals surface area contributed by atoms with Crippen LogP contribution in [0.25, 0.3) is 0 Å². The topological polar surface area (TPSA) is 102 Å². The lowest BCUT2D eigenvalue weighted by atomic mass is 10.1. The number of imide groups is 1. The normalized spacial score (nSPS) is 9.96. The third-order valence-electron chi connectivity index (χ3n) is 2.98. The van der Waals surface area contributed by atoms with Crippen molar-refractivity contribution in [1.82, 2.24) is 5.32 Å². The molecule has 8 heteroatoms. The van der Waals surface area contributed by atoms with Crippen molar-refractivity contribution in [3.63, 3.8) is 0 Å². The standard InChI is InChI=1S/C17H16N2O5S/c1-11(20)18-13-6-4-12(5-7-13)9-16(22)24-10-15(21)19-17(23)14-3-2-8-25-14/h2-8H,9-10H2,1H3,(H,18,20)(H,19,21,23). The summed E-state index contributed by atoms with van der Waals surface area (Å²) in [6, 6.07) is 9.96. The Morgan fingerprint density at radius 2 is 1.80 bits per heavy atom. The molecule has 0 unspecified atom stereocenters. The molecule has 1 aromatic carbocycles. The fourth-order valence-corrected chi connectivity index (χ4v) is 2.52. The van der Waals surface area contributed by atoms with Crippen molar-refractivity contribution in [3.8, 4) is 0 Å². The molecule has 0 atom stereocenters. The molecule has 0 radical (unpaired) electrons. The van der Waals surface area contributed by atoms with Gasteiger partial charge in [0.1, 0.15) is 0 Å². The first kappa shape index (κ1) is 18.3. The van der Waals surface area contributed by atoms with Gasteiger partial charge in [0.2, 0.25) is 5.91 Å². The smallest absolute Gasteiger partial charge is 0.310 e. The van der Waals surface area contributed by atoms with Gasteiger partial charge in [-0.3, -0.25) is 24.5 Å². The van der Waals surface area contributed by atoms with Crippen molar-refractivity contribution in [3.05, 3.63) is 52.2 Å². The molecule has 0 saturated heterocycles. The van der Waals surface area contributed by atoms with Gasteiger partial charge in [-0.25, -0.2) is 0 Å². The summed E-state index contributed by atoms with van der Waals surface area (Å²) in [7, 11) is 0. The molecule has 7 nitrogen and oxygen atoms in total. The number of esters is 1. The lowest BCUT2D eigenvalue weighted by Gasteiger charge is -2.06. The molecule has 2 aromatic rings. The highest BCUT2D eigenvalue weighted by Crippen LogP contribution is 2.10. The number of benzene rings is 1. The third-order valence-corrected chi connectivity index (χ3v) is 3.85. The van der Waals surface area contributed by atoms with Crippen molar-refractivity contribution < 1.29 is 23.9 Å². The van der Waals surface area contributed by atoms with E-state index in [1.165, 1.54) is 18.3 Å². The zero-order valence-corrected chi connectivity index (χ0v) is 14.2. The van der Waals surface area contributed by atoms with Crippen LogP contribution in [0, 0.1) is 0 Å². The molecule has 0 aliphatic heterocycles. The summed E-state index contributed by atoms with van der Waals surface area (Å²) in [6.45, 7) is 0.874. The number of nitrogens with one attached hydrogen (secondary N) is 2. The maximum absolute atomic E-state index is 11.7. The lowest BCUT2D eigenvalue weighted by molar-refractivity contribution is -0.147. The van der Waals surface area contributed by atoms with E-state index < -0.39 is 24.4 Å². The Morgan fingerprint density at radius 3 is 2.40 bits per heavy atom. The second-order valence-corrected chi connectivity index (χ2v) is 6.02. The Labute approximate surface area is 148 Å². The van der Waals surface area contributed by atoms with Gasteiger partial charge in [-0.15, -0.1) is 11.3 Å². The van der Waals surface area contributed by atoms with Crippen LogP contribution in [0.5, 0.6) is 0 Å². The third kappa shape index (κ3) is 6.19. The number of anilines is 1. The molecule has 1 heterocycles. The quantitative estimate of drug-likeness (QED) is 0.764. The Bertz CT molecular complexity index is 769. The SMILES string of the molecule is CC(=O)Nc1ccc(CC(=O)OCC(=O)NC(=O)c2cccs2)cc1. The molecule has 130 valence electrons. The highest BCUT2D eigenvalue weighted by Gasteiger charge is 2.13. The molecule has 0 bridgehead atoms. The van der Waals surface area contributed by atoms with Crippen molar-refractivity contribution >= 4 is 40.7 Å². The average Bonchev–Trinajstić information content (AvgIpc) is 3.09. The van der Waals surface area contributed by atoms with Crippen molar-refractivity contribution in [1.29, 1.82) is 0 Å². The number of thiophene rings is 1. The predicted octanol–water partition coefficient (Wildman–Crippen LogP) is 1.75. The second kappa shape index (κ2) is 8.74. The lowest BCUT2D eigenvalue weighted by Crippen LogP contribution is -2.33. The van der Waals surface area contributed by atoms with E-state index in [0.717, 1.165) is 0 Å². The van der Waals surface area contributed by atoms with Gasteiger partial charge in [0.15, 0.2) is 6.61 Å². The minimum atomic E-state index is -0.687. The van der Waals surface area contributed by atoms with E-state index in [4.69, 9.17) is 4.74 Å². The first-order chi connectivity index (χ1) is 11.9. The summed E-state index contributed by atoms with van der Waals surface area (Å²) in [4.78, 5) is 46.3. The summed E-state index contributed by atoms with van der Waals surface area (Å²) >= 11 is 1.21. The average molecular weight is 360 g/mol. The monoisotopic (exact) mass is 360 g/mol. The van der Waals surface area contributed by atoms with E-state index in [-0.39, 0.29) is 12.3 Å². The van der Waals surface area contributed by atoms with Crippen molar-refractivity contribution in [2.75, 3.05) is 11.9 Å². The number of hydrogen-bond acceptors (Lipinski definition) is 6. The molecule has 0 aliphatic rings. The van der Waals surface area contributed by atoms with Gasteiger partial charge in [-0.2, -0.15) is 0 Å². The molecule has 3 amide bonds. The summed E-state index contributed by atoms with van der Waals surface area (Å²) in [5, 5.41) is 6.48. The van der Waals surface area contributed by atoms with Gasteiger partial charge in [0.25, 0.3) is 11.8 Å². The largest absolute Gasteiger partial charge is 0.455 e. The van der Waals surface area contributed by atoms with Crippen LogP contribution in [-0.4, -0.2) is 30.3 Å². The van der Waals surface area contributed by atoms with Gasteiger partial charge in [-0.05, 0) is 29.1 Å². The molecular weight excluding hydrogens is 344 g/mol. The number of amides is 3. The molecular formula is C17H16N2O5S. The van der Waals surface area contributed by atoms with E-state index in [0.29, 0.717) is 16.1 Å². The van der Waals surface area contributed by atoms with Gasteiger partial charge >= 0.3 is 5.97 Å². The number of carbonyl (C=O) groups excluding carboxylic acids is 4. The Hall–Kier alpha value is -3.00. The van der Waals surface area contributed by atoms with E-state index in [2.05, 4.69) is 10.6 Å². The van der Waals surface area contributed by atoms with Crippen LogP contribution in [-0.2, 0) is 25.5 Å².